The van der Waals surface area contributed by atoms with Gasteiger partial charge in [-0.25, -0.2) is 4.72 Å². The van der Waals surface area contributed by atoms with Crippen LogP contribution in [0.4, 0.5) is 0 Å². The van der Waals surface area contributed by atoms with Gasteiger partial charge in [0.2, 0.25) is 0 Å². The Morgan fingerprint density at radius 3 is 2.62 bits per heavy atom. The molecule has 0 aliphatic carbocycles. The van der Waals surface area contributed by atoms with Crippen LogP contribution < -0.4 is 10.0 Å². The standard InChI is InChI=1S/C15H33N3O2S/c1-5-8-16-11-15-7-6-9-18(12-15)21(19,20)17-10-14(4)13(2)3/h13-17H,5-12H2,1-4H3. The van der Waals surface area contributed by atoms with Crippen LogP contribution in [0.2, 0.25) is 0 Å². The SMILES string of the molecule is CCCNCC1CCCN(S(=O)(=O)NCC(C)C(C)C)C1. The molecule has 1 heterocycles. The van der Waals surface area contributed by atoms with E-state index >= 15 is 0 Å². The van der Waals surface area contributed by atoms with Crippen LogP contribution in [0.15, 0.2) is 0 Å². The summed E-state index contributed by atoms with van der Waals surface area (Å²) >= 11 is 0. The number of rotatable bonds is 9. The minimum Gasteiger partial charge on any atom is -0.316 e. The van der Waals surface area contributed by atoms with Crippen molar-refractivity contribution in [3.05, 3.63) is 0 Å². The van der Waals surface area contributed by atoms with Crippen molar-refractivity contribution in [1.82, 2.24) is 14.3 Å². The molecule has 1 saturated heterocycles. The first-order chi connectivity index (χ1) is 9.86. The number of piperidine rings is 1. The lowest BCUT2D eigenvalue weighted by molar-refractivity contribution is 0.256. The smallest absolute Gasteiger partial charge is 0.279 e. The molecule has 2 N–H and O–H groups in total. The van der Waals surface area contributed by atoms with Gasteiger partial charge < -0.3 is 5.32 Å². The van der Waals surface area contributed by atoms with Gasteiger partial charge >= 0.3 is 0 Å². The van der Waals surface area contributed by atoms with E-state index in [-0.39, 0.29) is 0 Å². The lowest BCUT2D eigenvalue weighted by Gasteiger charge is -2.32. The lowest BCUT2D eigenvalue weighted by atomic mass is 9.99. The highest BCUT2D eigenvalue weighted by molar-refractivity contribution is 7.87. The van der Waals surface area contributed by atoms with E-state index in [1.807, 2.05) is 0 Å². The summed E-state index contributed by atoms with van der Waals surface area (Å²) in [6.45, 7) is 12.2. The molecule has 1 aliphatic heterocycles. The van der Waals surface area contributed by atoms with Gasteiger partial charge in [0.15, 0.2) is 0 Å². The van der Waals surface area contributed by atoms with E-state index in [1.54, 1.807) is 4.31 Å². The Kier molecular flexibility index (Phi) is 8.16. The molecule has 5 nitrogen and oxygen atoms in total. The molecule has 0 amide bonds. The van der Waals surface area contributed by atoms with Crippen LogP contribution in [-0.4, -0.2) is 45.4 Å². The lowest BCUT2D eigenvalue weighted by Crippen LogP contribution is -2.48. The van der Waals surface area contributed by atoms with E-state index < -0.39 is 10.2 Å². The first kappa shape index (κ1) is 18.9. The van der Waals surface area contributed by atoms with Gasteiger partial charge in [-0.15, -0.1) is 0 Å². The first-order valence-electron chi connectivity index (χ1n) is 8.32. The zero-order valence-electron chi connectivity index (χ0n) is 14.1. The van der Waals surface area contributed by atoms with Gasteiger partial charge in [-0.3, -0.25) is 0 Å². The normalized spacial score (nSPS) is 22.6. The quantitative estimate of drug-likeness (QED) is 0.637. The van der Waals surface area contributed by atoms with Crippen molar-refractivity contribution in [2.24, 2.45) is 17.8 Å². The van der Waals surface area contributed by atoms with Gasteiger partial charge in [0.25, 0.3) is 10.2 Å². The molecule has 0 saturated carbocycles. The molecule has 0 aromatic carbocycles. The maximum atomic E-state index is 12.4. The van der Waals surface area contributed by atoms with E-state index in [9.17, 15) is 8.42 Å². The van der Waals surface area contributed by atoms with Gasteiger partial charge in [0.05, 0.1) is 0 Å². The molecule has 1 rings (SSSR count). The summed E-state index contributed by atoms with van der Waals surface area (Å²) in [7, 11) is -3.32. The third kappa shape index (κ3) is 6.63. The zero-order valence-corrected chi connectivity index (χ0v) is 14.9. The summed E-state index contributed by atoms with van der Waals surface area (Å²) in [4.78, 5) is 0. The van der Waals surface area contributed by atoms with E-state index in [2.05, 4.69) is 37.7 Å². The van der Waals surface area contributed by atoms with Crippen molar-refractivity contribution in [3.8, 4) is 0 Å². The Bertz CT molecular complexity index is 384. The van der Waals surface area contributed by atoms with E-state index in [4.69, 9.17) is 0 Å². The van der Waals surface area contributed by atoms with E-state index in [0.717, 1.165) is 32.4 Å². The molecule has 0 bridgehead atoms. The topological polar surface area (TPSA) is 61.4 Å². The Labute approximate surface area is 131 Å². The molecule has 126 valence electrons. The summed E-state index contributed by atoms with van der Waals surface area (Å²) in [6, 6.07) is 0. The summed E-state index contributed by atoms with van der Waals surface area (Å²) in [5, 5.41) is 3.40. The largest absolute Gasteiger partial charge is 0.316 e. The van der Waals surface area contributed by atoms with Crippen LogP contribution in [0, 0.1) is 17.8 Å². The molecule has 21 heavy (non-hydrogen) atoms. The summed E-state index contributed by atoms with van der Waals surface area (Å²) in [6.07, 6.45) is 3.19. The van der Waals surface area contributed by atoms with Crippen molar-refractivity contribution in [1.29, 1.82) is 0 Å². The minimum atomic E-state index is -3.32. The van der Waals surface area contributed by atoms with Crippen LogP contribution in [0.25, 0.3) is 0 Å². The molecule has 2 unspecified atom stereocenters. The Hall–Kier alpha value is -0.170. The maximum Gasteiger partial charge on any atom is 0.279 e. The predicted octanol–water partition coefficient (Wildman–Crippen LogP) is 1.82. The van der Waals surface area contributed by atoms with Crippen molar-refractivity contribution in [3.63, 3.8) is 0 Å². The molecular formula is C15H33N3O2S. The Balaban J connectivity index is 2.46. The summed E-state index contributed by atoms with van der Waals surface area (Å²) in [5.74, 6) is 1.27. The van der Waals surface area contributed by atoms with E-state index in [0.29, 0.717) is 37.4 Å². The number of nitrogens with zero attached hydrogens (tertiary/aromatic N) is 1. The van der Waals surface area contributed by atoms with Gasteiger partial charge in [-0.2, -0.15) is 12.7 Å². The molecule has 0 aromatic heterocycles. The third-order valence-electron chi connectivity index (χ3n) is 4.41. The fourth-order valence-corrected chi connectivity index (χ4v) is 3.89. The van der Waals surface area contributed by atoms with Crippen LogP contribution in [-0.2, 0) is 10.2 Å². The summed E-state index contributed by atoms with van der Waals surface area (Å²) < 4.78 is 29.2. The van der Waals surface area contributed by atoms with Crippen LogP contribution in [0.1, 0.15) is 47.0 Å². The van der Waals surface area contributed by atoms with Crippen LogP contribution in [0.5, 0.6) is 0 Å². The van der Waals surface area contributed by atoms with Crippen molar-refractivity contribution in [2.45, 2.75) is 47.0 Å². The first-order valence-corrected chi connectivity index (χ1v) is 9.76. The molecule has 6 heteroatoms. The van der Waals surface area contributed by atoms with Crippen molar-refractivity contribution >= 4 is 10.2 Å². The number of hydrogen-bond acceptors (Lipinski definition) is 3. The average Bonchev–Trinajstić information content (AvgIpc) is 2.45. The minimum absolute atomic E-state index is 0.353. The highest BCUT2D eigenvalue weighted by atomic mass is 32.2. The fraction of sp³-hybridized carbons (Fsp3) is 1.00. The maximum absolute atomic E-state index is 12.4. The van der Waals surface area contributed by atoms with Gasteiger partial charge in [-0.1, -0.05) is 27.7 Å². The van der Waals surface area contributed by atoms with Crippen molar-refractivity contribution in [2.75, 3.05) is 32.7 Å². The molecule has 1 fully saturated rings. The Morgan fingerprint density at radius 1 is 1.29 bits per heavy atom. The van der Waals surface area contributed by atoms with E-state index in [1.165, 1.54) is 0 Å². The van der Waals surface area contributed by atoms with Gasteiger partial charge in [0.1, 0.15) is 0 Å². The van der Waals surface area contributed by atoms with Gasteiger partial charge in [-0.05, 0) is 50.1 Å². The van der Waals surface area contributed by atoms with Gasteiger partial charge in [0, 0.05) is 19.6 Å². The number of hydrogen-bond donors (Lipinski definition) is 2. The third-order valence-corrected chi connectivity index (χ3v) is 5.95. The highest BCUT2D eigenvalue weighted by Gasteiger charge is 2.28. The van der Waals surface area contributed by atoms with Crippen LogP contribution in [0.3, 0.4) is 0 Å². The second-order valence-corrected chi connectivity index (χ2v) is 8.40. The zero-order chi connectivity index (χ0) is 15.9. The monoisotopic (exact) mass is 319 g/mol. The molecule has 1 aliphatic rings. The molecule has 0 aromatic rings. The molecule has 0 spiro atoms. The van der Waals surface area contributed by atoms with Crippen molar-refractivity contribution < 1.29 is 8.42 Å². The second-order valence-electron chi connectivity index (χ2n) is 6.65. The Morgan fingerprint density at radius 2 is 2.00 bits per heavy atom. The molecule has 0 radical (unpaired) electrons. The molecular weight excluding hydrogens is 286 g/mol. The van der Waals surface area contributed by atoms with Crippen LogP contribution >= 0.6 is 0 Å². The second kappa shape index (κ2) is 9.08. The summed E-state index contributed by atoms with van der Waals surface area (Å²) in [5.41, 5.74) is 0. The predicted molar refractivity (Wildman–Crippen MR) is 88.4 cm³/mol. The highest BCUT2D eigenvalue weighted by Crippen LogP contribution is 2.18. The number of nitrogens with one attached hydrogen (secondary N) is 2. The molecule has 2 atom stereocenters. The average molecular weight is 320 g/mol. The fourth-order valence-electron chi connectivity index (χ4n) is 2.46.